The van der Waals surface area contributed by atoms with Crippen LogP contribution in [0.5, 0.6) is 0 Å². The molecule has 0 atom stereocenters. The van der Waals surface area contributed by atoms with Gasteiger partial charge < -0.3 is 15.0 Å². The minimum atomic E-state index is -0.470. The zero-order valence-corrected chi connectivity index (χ0v) is 15.6. The standard InChI is InChI=1S/C18H29N3O4/c1-5-6-7-11-20(14(2)3)18(22)15-8-9-16(19-10-12-25-4)17(13-15)21(23)24/h8-9,13-14,19H,5-7,10-12H2,1-4H3. The van der Waals surface area contributed by atoms with E-state index in [0.29, 0.717) is 30.9 Å². The van der Waals surface area contributed by atoms with Gasteiger partial charge in [0.2, 0.25) is 0 Å². The second-order valence-corrected chi connectivity index (χ2v) is 6.21. The molecule has 0 spiro atoms. The summed E-state index contributed by atoms with van der Waals surface area (Å²) < 4.78 is 4.94. The maximum Gasteiger partial charge on any atom is 0.293 e. The van der Waals surface area contributed by atoms with Gasteiger partial charge in [-0.15, -0.1) is 0 Å². The number of hydrogen-bond donors (Lipinski definition) is 1. The molecule has 0 radical (unpaired) electrons. The molecule has 0 fully saturated rings. The normalized spacial score (nSPS) is 10.8. The lowest BCUT2D eigenvalue weighted by Crippen LogP contribution is -2.37. The van der Waals surface area contributed by atoms with E-state index in [1.54, 1.807) is 24.1 Å². The zero-order valence-electron chi connectivity index (χ0n) is 15.6. The largest absolute Gasteiger partial charge is 0.383 e. The number of rotatable bonds is 11. The first-order chi connectivity index (χ1) is 11.9. The van der Waals surface area contributed by atoms with E-state index in [2.05, 4.69) is 12.2 Å². The third kappa shape index (κ3) is 6.34. The number of carbonyl (C=O) groups is 1. The third-order valence-corrected chi connectivity index (χ3v) is 3.95. The molecule has 25 heavy (non-hydrogen) atoms. The Morgan fingerprint density at radius 3 is 2.64 bits per heavy atom. The maximum atomic E-state index is 12.8. The third-order valence-electron chi connectivity index (χ3n) is 3.95. The van der Waals surface area contributed by atoms with Gasteiger partial charge in [0.15, 0.2) is 0 Å². The number of nitro groups is 1. The Hall–Kier alpha value is -2.15. The van der Waals surface area contributed by atoms with Crippen LogP contribution >= 0.6 is 0 Å². The quantitative estimate of drug-likeness (QED) is 0.373. The molecular weight excluding hydrogens is 322 g/mol. The molecule has 7 heteroatoms. The average Bonchev–Trinajstić information content (AvgIpc) is 2.58. The number of unbranched alkanes of at least 4 members (excludes halogenated alkanes) is 2. The van der Waals surface area contributed by atoms with Crippen LogP contribution < -0.4 is 5.32 Å². The van der Waals surface area contributed by atoms with Crippen molar-refractivity contribution >= 4 is 17.3 Å². The topological polar surface area (TPSA) is 84.7 Å². The number of carbonyl (C=O) groups excluding carboxylic acids is 1. The molecule has 0 heterocycles. The smallest absolute Gasteiger partial charge is 0.293 e. The molecule has 1 aromatic carbocycles. The number of anilines is 1. The van der Waals surface area contributed by atoms with Crippen molar-refractivity contribution in [3.63, 3.8) is 0 Å². The summed E-state index contributed by atoms with van der Waals surface area (Å²) in [4.78, 5) is 25.4. The van der Waals surface area contributed by atoms with Gasteiger partial charge in [0.25, 0.3) is 11.6 Å². The van der Waals surface area contributed by atoms with Gasteiger partial charge in [-0.2, -0.15) is 0 Å². The van der Waals surface area contributed by atoms with Crippen LogP contribution in [0.4, 0.5) is 11.4 Å². The van der Waals surface area contributed by atoms with Gasteiger partial charge in [-0.05, 0) is 32.4 Å². The van der Waals surface area contributed by atoms with Crippen molar-refractivity contribution in [3.05, 3.63) is 33.9 Å². The first-order valence-electron chi connectivity index (χ1n) is 8.74. The van der Waals surface area contributed by atoms with Crippen LogP contribution in [-0.2, 0) is 4.74 Å². The maximum absolute atomic E-state index is 12.8. The van der Waals surface area contributed by atoms with Gasteiger partial charge in [0.1, 0.15) is 5.69 Å². The highest BCUT2D eigenvalue weighted by Crippen LogP contribution is 2.26. The first kappa shape index (κ1) is 20.9. The van der Waals surface area contributed by atoms with Gasteiger partial charge in [0.05, 0.1) is 11.5 Å². The van der Waals surface area contributed by atoms with Gasteiger partial charge in [-0.25, -0.2) is 0 Å². The molecule has 1 amide bonds. The summed E-state index contributed by atoms with van der Waals surface area (Å²) in [5.74, 6) is -0.169. The van der Waals surface area contributed by atoms with Gasteiger partial charge in [0, 0.05) is 37.9 Å². The molecule has 0 aliphatic heterocycles. The molecule has 0 aliphatic rings. The monoisotopic (exact) mass is 351 g/mol. The Bertz CT molecular complexity index is 575. The Morgan fingerprint density at radius 1 is 1.36 bits per heavy atom. The first-order valence-corrected chi connectivity index (χ1v) is 8.74. The number of benzene rings is 1. The molecule has 0 aromatic heterocycles. The number of nitrogens with one attached hydrogen (secondary N) is 1. The van der Waals surface area contributed by atoms with Crippen molar-refractivity contribution < 1.29 is 14.5 Å². The Balaban J connectivity index is 3.00. The molecule has 0 saturated carbocycles. The van der Waals surface area contributed by atoms with E-state index in [1.165, 1.54) is 6.07 Å². The van der Waals surface area contributed by atoms with Crippen LogP contribution in [0.3, 0.4) is 0 Å². The number of hydrogen-bond acceptors (Lipinski definition) is 5. The summed E-state index contributed by atoms with van der Waals surface area (Å²) in [6, 6.07) is 4.63. The minimum Gasteiger partial charge on any atom is -0.383 e. The molecule has 0 unspecified atom stereocenters. The number of methoxy groups -OCH3 is 1. The minimum absolute atomic E-state index is 0.0444. The Labute approximate surface area is 149 Å². The van der Waals surface area contributed by atoms with E-state index in [1.807, 2.05) is 13.8 Å². The molecule has 0 bridgehead atoms. The fourth-order valence-corrected chi connectivity index (χ4v) is 2.55. The summed E-state index contributed by atoms with van der Waals surface area (Å²) in [5, 5.41) is 14.3. The van der Waals surface area contributed by atoms with E-state index < -0.39 is 4.92 Å². The second-order valence-electron chi connectivity index (χ2n) is 6.21. The summed E-state index contributed by atoms with van der Waals surface area (Å²) in [7, 11) is 1.57. The number of nitro benzene ring substituents is 1. The number of ether oxygens (including phenoxy) is 1. The van der Waals surface area contributed by atoms with Crippen LogP contribution in [0.25, 0.3) is 0 Å². The van der Waals surface area contributed by atoms with Crippen molar-refractivity contribution in [2.24, 2.45) is 0 Å². The van der Waals surface area contributed by atoms with Crippen molar-refractivity contribution in [2.45, 2.75) is 46.1 Å². The summed E-state index contributed by atoms with van der Waals surface area (Å²) in [6.07, 6.45) is 3.06. The summed E-state index contributed by atoms with van der Waals surface area (Å²) in [5.41, 5.74) is 0.633. The predicted molar refractivity (Wildman–Crippen MR) is 99.2 cm³/mol. The van der Waals surface area contributed by atoms with Crippen molar-refractivity contribution in [1.82, 2.24) is 4.90 Å². The summed E-state index contributed by atoms with van der Waals surface area (Å²) in [6.45, 7) is 7.58. The molecular formula is C18H29N3O4. The molecule has 1 aromatic rings. The summed E-state index contributed by atoms with van der Waals surface area (Å²) >= 11 is 0. The Kier molecular flexibility index (Phi) is 8.91. The van der Waals surface area contributed by atoms with Gasteiger partial charge >= 0.3 is 0 Å². The predicted octanol–water partition coefficient (Wildman–Crippen LogP) is 3.69. The highest BCUT2D eigenvalue weighted by molar-refractivity contribution is 5.96. The van der Waals surface area contributed by atoms with Gasteiger partial charge in [-0.3, -0.25) is 14.9 Å². The SMILES string of the molecule is CCCCCN(C(=O)c1ccc(NCCOC)c([N+](=O)[O-])c1)C(C)C. The van der Waals surface area contributed by atoms with Crippen molar-refractivity contribution in [1.29, 1.82) is 0 Å². The lowest BCUT2D eigenvalue weighted by molar-refractivity contribution is -0.384. The van der Waals surface area contributed by atoms with Crippen molar-refractivity contribution in [2.75, 3.05) is 32.1 Å². The number of nitrogens with zero attached hydrogens (tertiary/aromatic N) is 2. The van der Waals surface area contributed by atoms with Crippen LogP contribution in [0, 0.1) is 10.1 Å². The zero-order chi connectivity index (χ0) is 18.8. The highest BCUT2D eigenvalue weighted by atomic mass is 16.6. The molecule has 1 rings (SSSR count). The van der Waals surface area contributed by atoms with E-state index in [9.17, 15) is 14.9 Å². The lowest BCUT2D eigenvalue weighted by atomic mass is 10.1. The van der Waals surface area contributed by atoms with E-state index >= 15 is 0 Å². The van der Waals surface area contributed by atoms with Gasteiger partial charge in [-0.1, -0.05) is 19.8 Å². The number of amides is 1. The second kappa shape index (κ2) is 10.7. The highest BCUT2D eigenvalue weighted by Gasteiger charge is 2.22. The van der Waals surface area contributed by atoms with E-state index in [4.69, 9.17) is 4.74 Å². The van der Waals surface area contributed by atoms with Crippen LogP contribution in [-0.4, -0.2) is 48.6 Å². The fourth-order valence-electron chi connectivity index (χ4n) is 2.55. The van der Waals surface area contributed by atoms with E-state index in [-0.39, 0.29) is 17.6 Å². The Morgan fingerprint density at radius 2 is 2.08 bits per heavy atom. The fraction of sp³-hybridized carbons (Fsp3) is 0.611. The molecule has 7 nitrogen and oxygen atoms in total. The molecule has 1 N–H and O–H groups in total. The lowest BCUT2D eigenvalue weighted by Gasteiger charge is -2.27. The molecule has 0 aliphatic carbocycles. The van der Waals surface area contributed by atoms with Crippen molar-refractivity contribution in [3.8, 4) is 0 Å². The molecule has 140 valence electrons. The van der Waals surface area contributed by atoms with Crippen LogP contribution in [0.1, 0.15) is 50.4 Å². The van der Waals surface area contributed by atoms with E-state index in [0.717, 1.165) is 19.3 Å². The van der Waals surface area contributed by atoms with Crippen LogP contribution in [0.2, 0.25) is 0 Å². The molecule has 0 saturated heterocycles. The van der Waals surface area contributed by atoms with Crippen LogP contribution in [0.15, 0.2) is 18.2 Å². The average molecular weight is 351 g/mol.